The second-order valence-corrected chi connectivity index (χ2v) is 4.80. The van der Waals surface area contributed by atoms with E-state index in [1.54, 1.807) is 6.07 Å². The summed E-state index contributed by atoms with van der Waals surface area (Å²) < 4.78 is 0. The van der Waals surface area contributed by atoms with Gasteiger partial charge in [0.2, 0.25) is 0 Å². The third-order valence-corrected chi connectivity index (χ3v) is 3.49. The number of nitriles is 1. The predicted molar refractivity (Wildman–Crippen MR) is 70.6 cm³/mol. The predicted octanol–water partition coefficient (Wildman–Crippen LogP) is 3.13. The molecular formula is C14H19N3. The van der Waals surface area contributed by atoms with E-state index in [1.807, 2.05) is 12.1 Å². The number of hydrogen-bond donors (Lipinski definition) is 2. The number of nitrogens with one attached hydrogen (secondary N) is 1. The lowest BCUT2D eigenvalue weighted by atomic mass is 9.89. The van der Waals surface area contributed by atoms with Crippen molar-refractivity contribution in [3.63, 3.8) is 0 Å². The molecule has 0 aliphatic heterocycles. The second kappa shape index (κ2) is 5.58. The maximum absolute atomic E-state index is 8.90. The number of benzene rings is 1. The zero-order chi connectivity index (χ0) is 12.1. The van der Waals surface area contributed by atoms with Crippen molar-refractivity contribution in [3.05, 3.63) is 23.8 Å². The Kier molecular flexibility index (Phi) is 3.87. The van der Waals surface area contributed by atoms with Crippen molar-refractivity contribution in [1.29, 1.82) is 5.26 Å². The van der Waals surface area contributed by atoms with E-state index < -0.39 is 0 Å². The highest BCUT2D eigenvalue weighted by atomic mass is 14.9. The topological polar surface area (TPSA) is 61.8 Å². The van der Waals surface area contributed by atoms with E-state index in [2.05, 4.69) is 11.4 Å². The fourth-order valence-corrected chi connectivity index (χ4v) is 2.42. The van der Waals surface area contributed by atoms with Crippen LogP contribution >= 0.6 is 0 Å². The highest BCUT2D eigenvalue weighted by molar-refractivity contribution is 5.61. The lowest BCUT2D eigenvalue weighted by Gasteiger charge is -2.22. The summed E-state index contributed by atoms with van der Waals surface area (Å²) in [5.41, 5.74) is 7.80. The Morgan fingerprint density at radius 2 is 2.06 bits per heavy atom. The molecule has 0 spiro atoms. The van der Waals surface area contributed by atoms with E-state index in [9.17, 15) is 0 Å². The van der Waals surface area contributed by atoms with Crippen LogP contribution in [0.1, 0.15) is 37.7 Å². The zero-order valence-electron chi connectivity index (χ0n) is 10.1. The molecule has 1 saturated carbocycles. The van der Waals surface area contributed by atoms with E-state index in [-0.39, 0.29) is 0 Å². The van der Waals surface area contributed by atoms with Crippen molar-refractivity contribution in [1.82, 2.24) is 0 Å². The molecule has 2 rings (SSSR count). The van der Waals surface area contributed by atoms with E-state index in [4.69, 9.17) is 11.0 Å². The van der Waals surface area contributed by atoms with Gasteiger partial charge in [0.25, 0.3) is 0 Å². The Bertz CT molecular complexity index is 414. The highest BCUT2D eigenvalue weighted by Gasteiger charge is 2.12. The molecule has 0 saturated heterocycles. The van der Waals surface area contributed by atoms with Gasteiger partial charge in [-0.3, -0.25) is 0 Å². The number of anilines is 2. The van der Waals surface area contributed by atoms with Crippen LogP contribution in [0.5, 0.6) is 0 Å². The first-order valence-electron chi connectivity index (χ1n) is 6.33. The zero-order valence-corrected chi connectivity index (χ0v) is 10.1. The van der Waals surface area contributed by atoms with Crippen molar-refractivity contribution in [2.45, 2.75) is 32.1 Å². The molecule has 1 aliphatic rings. The molecule has 0 heterocycles. The molecule has 1 aliphatic carbocycles. The molecular weight excluding hydrogens is 210 g/mol. The van der Waals surface area contributed by atoms with Gasteiger partial charge in [-0.25, -0.2) is 0 Å². The average Bonchev–Trinajstić information content (AvgIpc) is 2.39. The van der Waals surface area contributed by atoms with Crippen molar-refractivity contribution < 1.29 is 0 Å². The molecule has 17 heavy (non-hydrogen) atoms. The molecule has 0 aromatic heterocycles. The molecule has 0 bridgehead atoms. The summed E-state index contributed by atoms with van der Waals surface area (Å²) in [7, 11) is 0. The van der Waals surface area contributed by atoms with Gasteiger partial charge in [-0.2, -0.15) is 5.26 Å². The lowest BCUT2D eigenvalue weighted by molar-refractivity contribution is 0.373. The molecule has 1 fully saturated rings. The smallest absolute Gasteiger partial charge is 0.101 e. The third kappa shape index (κ3) is 3.13. The SMILES string of the molecule is N#Cc1cc(NCC2CCCCC2)ccc1N. The number of nitrogen functional groups attached to an aromatic ring is 1. The van der Waals surface area contributed by atoms with Crippen molar-refractivity contribution >= 4 is 11.4 Å². The van der Waals surface area contributed by atoms with Gasteiger partial charge in [0.15, 0.2) is 0 Å². The number of hydrogen-bond acceptors (Lipinski definition) is 3. The molecule has 3 nitrogen and oxygen atoms in total. The molecule has 0 atom stereocenters. The van der Waals surface area contributed by atoms with Crippen LogP contribution in [0.25, 0.3) is 0 Å². The fraction of sp³-hybridized carbons (Fsp3) is 0.500. The lowest BCUT2D eigenvalue weighted by Crippen LogP contribution is -2.17. The first-order valence-corrected chi connectivity index (χ1v) is 6.33. The summed E-state index contributed by atoms with van der Waals surface area (Å²) in [6.45, 7) is 1.01. The van der Waals surface area contributed by atoms with Crippen molar-refractivity contribution in [3.8, 4) is 6.07 Å². The highest BCUT2D eigenvalue weighted by Crippen LogP contribution is 2.24. The van der Waals surface area contributed by atoms with E-state index in [0.29, 0.717) is 11.3 Å². The summed E-state index contributed by atoms with van der Waals surface area (Å²) in [5, 5.41) is 12.3. The molecule has 0 unspecified atom stereocenters. The van der Waals surface area contributed by atoms with Crippen LogP contribution in [-0.4, -0.2) is 6.54 Å². The second-order valence-electron chi connectivity index (χ2n) is 4.80. The van der Waals surface area contributed by atoms with Crippen LogP contribution in [0, 0.1) is 17.2 Å². The van der Waals surface area contributed by atoms with Crippen LogP contribution in [-0.2, 0) is 0 Å². The average molecular weight is 229 g/mol. The van der Waals surface area contributed by atoms with Crippen LogP contribution < -0.4 is 11.1 Å². The normalized spacial score (nSPS) is 16.4. The quantitative estimate of drug-likeness (QED) is 0.783. The minimum atomic E-state index is 0.552. The van der Waals surface area contributed by atoms with Gasteiger partial charge in [-0.15, -0.1) is 0 Å². The molecule has 3 heteroatoms. The first kappa shape index (κ1) is 11.8. The van der Waals surface area contributed by atoms with Crippen LogP contribution in [0.3, 0.4) is 0 Å². The van der Waals surface area contributed by atoms with E-state index in [1.165, 1.54) is 32.1 Å². The fourth-order valence-electron chi connectivity index (χ4n) is 2.42. The molecule has 3 N–H and O–H groups in total. The number of rotatable bonds is 3. The molecule has 0 amide bonds. The summed E-state index contributed by atoms with van der Waals surface area (Å²) >= 11 is 0. The number of nitrogens with zero attached hydrogens (tertiary/aromatic N) is 1. The summed E-state index contributed by atoms with van der Waals surface area (Å²) in [5.74, 6) is 0.784. The van der Waals surface area contributed by atoms with Gasteiger partial charge in [-0.1, -0.05) is 19.3 Å². The summed E-state index contributed by atoms with van der Waals surface area (Å²) in [6.07, 6.45) is 6.76. The molecule has 1 aromatic carbocycles. The van der Waals surface area contributed by atoms with Gasteiger partial charge >= 0.3 is 0 Å². The van der Waals surface area contributed by atoms with E-state index in [0.717, 1.165) is 18.2 Å². The van der Waals surface area contributed by atoms with Crippen molar-refractivity contribution in [2.75, 3.05) is 17.6 Å². The minimum Gasteiger partial charge on any atom is -0.398 e. The van der Waals surface area contributed by atoms with Crippen molar-refractivity contribution in [2.24, 2.45) is 5.92 Å². The maximum Gasteiger partial charge on any atom is 0.101 e. The molecule has 0 radical (unpaired) electrons. The Hall–Kier alpha value is -1.69. The Morgan fingerprint density at radius 3 is 2.76 bits per heavy atom. The van der Waals surface area contributed by atoms with Gasteiger partial charge in [0.1, 0.15) is 6.07 Å². The van der Waals surface area contributed by atoms with E-state index >= 15 is 0 Å². The number of nitrogens with two attached hydrogens (primary N) is 1. The standard InChI is InChI=1S/C14H19N3/c15-9-12-8-13(6-7-14(12)16)17-10-11-4-2-1-3-5-11/h6-8,11,17H,1-5,10,16H2. The Labute approximate surface area is 103 Å². The van der Waals surface area contributed by atoms with Gasteiger partial charge < -0.3 is 11.1 Å². The summed E-state index contributed by atoms with van der Waals surface area (Å²) in [6, 6.07) is 7.68. The monoisotopic (exact) mass is 229 g/mol. The molecule has 90 valence electrons. The largest absolute Gasteiger partial charge is 0.398 e. The summed E-state index contributed by atoms with van der Waals surface area (Å²) in [4.78, 5) is 0. The van der Waals surface area contributed by atoms with Crippen LogP contribution in [0.4, 0.5) is 11.4 Å². The van der Waals surface area contributed by atoms with Gasteiger partial charge in [-0.05, 0) is 37.0 Å². The van der Waals surface area contributed by atoms with Gasteiger partial charge in [0.05, 0.1) is 5.56 Å². The Morgan fingerprint density at radius 1 is 1.29 bits per heavy atom. The van der Waals surface area contributed by atoms with Crippen LogP contribution in [0.2, 0.25) is 0 Å². The first-order chi connectivity index (χ1) is 8.29. The minimum absolute atomic E-state index is 0.552. The van der Waals surface area contributed by atoms with Gasteiger partial charge in [0, 0.05) is 17.9 Å². The van der Waals surface area contributed by atoms with Crippen LogP contribution in [0.15, 0.2) is 18.2 Å². The Balaban J connectivity index is 1.92. The maximum atomic E-state index is 8.90. The molecule has 1 aromatic rings. The third-order valence-electron chi connectivity index (χ3n) is 3.49.